The van der Waals surface area contributed by atoms with E-state index in [9.17, 15) is 4.79 Å². The minimum Gasteiger partial charge on any atom is -0.497 e. The number of methoxy groups -OCH3 is 1. The molecule has 3 rings (SSSR count). The Balaban J connectivity index is 1.67. The van der Waals surface area contributed by atoms with Gasteiger partial charge in [-0.2, -0.15) is 0 Å². The van der Waals surface area contributed by atoms with Gasteiger partial charge in [-0.25, -0.2) is 4.79 Å². The highest BCUT2D eigenvalue weighted by molar-refractivity contribution is 5.75. The summed E-state index contributed by atoms with van der Waals surface area (Å²) < 4.78 is 5.20. The zero-order valence-electron chi connectivity index (χ0n) is 12.7. The number of amides is 2. The number of urea groups is 1. The molecule has 114 valence electrons. The maximum Gasteiger partial charge on any atom is 0.318 e. The molecule has 2 aliphatic rings. The van der Waals surface area contributed by atoms with E-state index >= 15 is 0 Å². The predicted octanol–water partition coefficient (Wildman–Crippen LogP) is 3.48. The minimum atomic E-state index is 0.111. The number of hydrogen-bond donors (Lipinski definition) is 1. The van der Waals surface area contributed by atoms with E-state index in [0.717, 1.165) is 38.0 Å². The summed E-state index contributed by atoms with van der Waals surface area (Å²) >= 11 is 0. The molecular formula is C17H24N2O2. The number of hydrogen-bond acceptors (Lipinski definition) is 2. The first-order valence-electron chi connectivity index (χ1n) is 7.99. The average molecular weight is 288 g/mol. The summed E-state index contributed by atoms with van der Waals surface area (Å²) in [4.78, 5) is 14.5. The summed E-state index contributed by atoms with van der Waals surface area (Å²) in [5, 5.41) is 3.21. The van der Waals surface area contributed by atoms with Crippen LogP contribution in [0.4, 0.5) is 4.79 Å². The molecule has 2 fully saturated rings. The standard InChI is InChI=1S/C17H24N2O2/c1-21-15-10-8-13(9-11-15)16-7-4-12-19(16)17(20)18-14-5-2-3-6-14/h8-11,14,16H,2-7,12H2,1H3,(H,18,20)/t16-/m0/s1. The Morgan fingerprint density at radius 2 is 1.86 bits per heavy atom. The molecule has 1 aliphatic heterocycles. The molecule has 1 heterocycles. The van der Waals surface area contributed by atoms with Crippen molar-refractivity contribution in [3.8, 4) is 5.75 Å². The van der Waals surface area contributed by atoms with Crippen molar-refractivity contribution in [1.82, 2.24) is 10.2 Å². The Kier molecular flexibility index (Phi) is 4.32. The third-order valence-electron chi connectivity index (χ3n) is 4.70. The topological polar surface area (TPSA) is 41.6 Å². The van der Waals surface area contributed by atoms with E-state index in [1.165, 1.54) is 18.4 Å². The molecule has 1 atom stereocenters. The van der Waals surface area contributed by atoms with Crippen molar-refractivity contribution in [2.24, 2.45) is 0 Å². The van der Waals surface area contributed by atoms with E-state index in [-0.39, 0.29) is 12.1 Å². The van der Waals surface area contributed by atoms with Gasteiger partial charge in [0.2, 0.25) is 0 Å². The lowest BCUT2D eigenvalue weighted by Gasteiger charge is -2.27. The monoisotopic (exact) mass is 288 g/mol. The van der Waals surface area contributed by atoms with Crippen LogP contribution in [0.5, 0.6) is 5.75 Å². The molecule has 1 saturated heterocycles. The number of nitrogens with one attached hydrogen (secondary N) is 1. The lowest BCUT2D eigenvalue weighted by molar-refractivity contribution is 0.189. The summed E-state index contributed by atoms with van der Waals surface area (Å²) in [6.45, 7) is 0.856. The Bertz CT molecular complexity index is 480. The van der Waals surface area contributed by atoms with E-state index in [4.69, 9.17) is 4.74 Å². The highest BCUT2D eigenvalue weighted by atomic mass is 16.5. The second-order valence-electron chi connectivity index (χ2n) is 6.06. The van der Waals surface area contributed by atoms with Crippen molar-refractivity contribution in [1.29, 1.82) is 0 Å². The third kappa shape index (κ3) is 3.14. The van der Waals surface area contributed by atoms with Crippen LogP contribution in [0, 0.1) is 0 Å². The average Bonchev–Trinajstić information content (AvgIpc) is 3.18. The second kappa shape index (κ2) is 6.37. The number of benzene rings is 1. The molecule has 0 bridgehead atoms. The van der Waals surface area contributed by atoms with Gasteiger partial charge >= 0.3 is 6.03 Å². The van der Waals surface area contributed by atoms with Crippen molar-refractivity contribution >= 4 is 6.03 Å². The van der Waals surface area contributed by atoms with Crippen LogP contribution < -0.4 is 10.1 Å². The molecule has 0 radical (unpaired) electrons. The Labute approximate surface area is 126 Å². The summed E-state index contributed by atoms with van der Waals surface area (Å²) in [6, 6.07) is 8.80. The van der Waals surface area contributed by atoms with Gasteiger partial charge in [-0.1, -0.05) is 25.0 Å². The van der Waals surface area contributed by atoms with Crippen LogP contribution in [0.3, 0.4) is 0 Å². The molecule has 1 aromatic rings. The van der Waals surface area contributed by atoms with Gasteiger partial charge in [0.15, 0.2) is 0 Å². The third-order valence-corrected chi connectivity index (χ3v) is 4.70. The van der Waals surface area contributed by atoms with E-state index < -0.39 is 0 Å². The van der Waals surface area contributed by atoms with E-state index in [1.807, 2.05) is 17.0 Å². The van der Waals surface area contributed by atoms with Crippen LogP contribution in [0.15, 0.2) is 24.3 Å². The first-order valence-corrected chi connectivity index (χ1v) is 7.99. The predicted molar refractivity (Wildman–Crippen MR) is 82.5 cm³/mol. The first-order chi connectivity index (χ1) is 10.3. The fourth-order valence-corrected chi connectivity index (χ4v) is 3.51. The smallest absolute Gasteiger partial charge is 0.318 e. The number of likely N-dealkylation sites (tertiary alicyclic amines) is 1. The molecule has 2 amide bonds. The quantitative estimate of drug-likeness (QED) is 0.925. The molecule has 21 heavy (non-hydrogen) atoms. The van der Waals surface area contributed by atoms with Gasteiger partial charge in [-0.05, 0) is 43.4 Å². The van der Waals surface area contributed by atoms with Gasteiger partial charge in [0.05, 0.1) is 13.2 Å². The molecule has 1 aromatic carbocycles. The molecule has 0 unspecified atom stereocenters. The van der Waals surface area contributed by atoms with Gasteiger partial charge in [0.1, 0.15) is 5.75 Å². The number of carbonyl (C=O) groups is 1. The van der Waals surface area contributed by atoms with Gasteiger partial charge in [-0.15, -0.1) is 0 Å². The Morgan fingerprint density at radius 1 is 1.14 bits per heavy atom. The maximum atomic E-state index is 12.5. The normalized spacial score (nSPS) is 22.5. The van der Waals surface area contributed by atoms with Crippen LogP contribution in [-0.4, -0.2) is 30.6 Å². The minimum absolute atomic E-state index is 0.111. The molecule has 0 aromatic heterocycles. The van der Waals surface area contributed by atoms with Crippen LogP contribution in [0.1, 0.15) is 50.1 Å². The fraction of sp³-hybridized carbons (Fsp3) is 0.588. The van der Waals surface area contributed by atoms with Crippen LogP contribution in [0.25, 0.3) is 0 Å². The lowest BCUT2D eigenvalue weighted by atomic mass is 10.0. The first kappa shape index (κ1) is 14.2. The fourth-order valence-electron chi connectivity index (χ4n) is 3.51. The zero-order chi connectivity index (χ0) is 14.7. The molecule has 0 spiro atoms. The Morgan fingerprint density at radius 3 is 2.52 bits per heavy atom. The molecule has 1 aliphatic carbocycles. The van der Waals surface area contributed by atoms with Crippen LogP contribution in [-0.2, 0) is 0 Å². The molecule has 1 saturated carbocycles. The van der Waals surface area contributed by atoms with Crippen molar-refractivity contribution < 1.29 is 9.53 Å². The maximum absolute atomic E-state index is 12.5. The zero-order valence-corrected chi connectivity index (χ0v) is 12.7. The lowest BCUT2D eigenvalue weighted by Crippen LogP contribution is -2.43. The van der Waals surface area contributed by atoms with Crippen molar-refractivity contribution in [2.45, 2.75) is 50.6 Å². The molecule has 4 heteroatoms. The Hall–Kier alpha value is -1.71. The highest BCUT2D eigenvalue weighted by Crippen LogP contribution is 2.33. The van der Waals surface area contributed by atoms with Gasteiger partial charge < -0.3 is 15.0 Å². The molecule has 4 nitrogen and oxygen atoms in total. The van der Waals surface area contributed by atoms with Crippen molar-refractivity contribution in [3.05, 3.63) is 29.8 Å². The summed E-state index contributed by atoms with van der Waals surface area (Å²) in [5.74, 6) is 0.860. The summed E-state index contributed by atoms with van der Waals surface area (Å²) in [5.41, 5.74) is 1.20. The molecule has 1 N–H and O–H groups in total. The van der Waals surface area contributed by atoms with E-state index in [2.05, 4.69) is 17.4 Å². The number of nitrogens with zero attached hydrogens (tertiary/aromatic N) is 1. The number of ether oxygens (including phenoxy) is 1. The van der Waals surface area contributed by atoms with E-state index in [1.54, 1.807) is 7.11 Å². The number of carbonyl (C=O) groups excluding carboxylic acids is 1. The van der Waals surface area contributed by atoms with E-state index in [0.29, 0.717) is 6.04 Å². The van der Waals surface area contributed by atoms with Crippen molar-refractivity contribution in [3.63, 3.8) is 0 Å². The second-order valence-corrected chi connectivity index (χ2v) is 6.06. The van der Waals surface area contributed by atoms with Gasteiger partial charge in [0, 0.05) is 12.6 Å². The number of rotatable bonds is 3. The summed E-state index contributed by atoms with van der Waals surface area (Å²) in [7, 11) is 1.67. The van der Waals surface area contributed by atoms with Gasteiger partial charge in [-0.3, -0.25) is 0 Å². The van der Waals surface area contributed by atoms with Gasteiger partial charge in [0.25, 0.3) is 0 Å². The van der Waals surface area contributed by atoms with Crippen molar-refractivity contribution in [2.75, 3.05) is 13.7 Å². The summed E-state index contributed by atoms with van der Waals surface area (Å²) in [6.07, 6.45) is 6.87. The highest BCUT2D eigenvalue weighted by Gasteiger charge is 2.31. The SMILES string of the molecule is COc1ccc([C@@H]2CCCN2C(=O)NC2CCCC2)cc1. The molecular weight excluding hydrogens is 264 g/mol. The largest absolute Gasteiger partial charge is 0.497 e. The van der Waals surface area contributed by atoms with Crippen LogP contribution >= 0.6 is 0 Å². The van der Waals surface area contributed by atoms with Crippen LogP contribution in [0.2, 0.25) is 0 Å².